The molecule has 1 saturated heterocycles. The third-order valence-electron chi connectivity index (χ3n) is 10.5. The Kier molecular flexibility index (Phi) is 13.2. The Morgan fingerprint density at radius 1 is 0.893 bits per heavy atom. The summed E-state index contributed by atoms with van der Waals surface area (Å²) in [7, 11) is 0. The topological polar surface area (TPSA) is 179 Å². The zero-order valence-electron chi connectivity index (χ0n) is 31.1. The molecule has 0 radical (unpaired) electrons. The highest BCUT2D eigenvalue weighted by Crippen LogP contribution is 2.39. The Morgan fingerprint density at radius 2 is 1.64 bits per heavy atom. The van der Waals surface area contributed by atoms with Crippen LogP contribution in [0, 0.1) is 12.8 Å². The zero-order chi connectivity index (χ0) is 39.7. The molecule has 5 amide bonds. The Balaban J connectivity index is 1.39. The number of carbonyl (C=O) groups excluding carboxylic acids is 5. The number of carbonyl (C=O) groups is 5. The van der Waals surface area contributed by atoms with E-state index in [9.17, 15) is 19.2 Å². The van der Waals surface area contributed by atoms with E-state index in [4.69, 9.17) is 17.3 Å². The number of nitrogens with one attached hydrogen (secondary N) is 4. The van der Waals surface area contributed by atoms with Crippen molar-refractivity contribution in [2.45, 2.75) is 69.6 Å². The van der Waals surface area contributed by atoms with Crippen molar-refractivity contribution in [1.29, 1.82) is 0 Å². The van der Waals surface area contributed by atoms with Crippen LogP contribution in [0.15, 0.2) is 96.0 Å². The maximum absolute atomic E-state index is 15.1. The number of likely N-dealkylation sites (tertiary alicyclic amines) is 1. The largest absolute Gasteiger partial charge is 0.368 e. The number of nitrogens with two attached hydrogens (primary N) is 1. The number of hydrogen-bond acceptors (Lipinski definition) is 7. The number of H-pyrrole nitrogens is 1. The molecule has 3 heterocycles. The third-order valence-corrected chi connectivity index (χ3v) is 11.4. The van der Waals surface area contributed by atoms with E-state index in [1.165, 1.54) is 16.2 Å². The Morgan fingerprint density at radius 3 is 2.36 bits per heavy atom. The second kappa shape index (κ2) is 18.4. The van der Waals surface area contributed by atoms with Crippen LogP contribution in [0.2, 0.25) is 0 Å². The lowest BCUT2D eigenvalue weighted by Crippen LogP contribution is -2.71. The summed E-state index contributed by atoms with van der Waals surface area (Å²) in [6, 6.07) is 22.3. The molecule has 6 N–H and O–H groups in total. The van der Waals surface area contributed by atoms with Gasteiger partial charge in [0.25, 0.3) is 0 Å². The number of rotatable bonds is 16. The summed E-state index contributed by atoms with van der Waals surface area (Å²) in [5, 5.41) is 11.3. The van der Waals surface area contributed by atoms with Crippen LogP contribution in [0.25, 0.3) is 10.9 Å². The summed E-state index contributed by atoms with van der Waals surface area (Å²) in [5.74, 6) is -4.65. The van der Waals surface area contributed by atoms with Gasteiger partial charge in [0.05, 0.1) is 17.1 Å². The van der Waals surface area contributed by atoms with Gasteiger partial charge in [-0.1, -0.05) is 78.4 Å². The molecule has 1 unspecified atom stereocenters. The number of para-hydroxylation sites is 1. The number of thiazole rings is 1. The molecule has 3 aromatic carbocycles. The molecule has 1 fully saturated rings. The summed E-state index contributed by atoms with van der Waals surface area (Å²) < 4.78 is 0. The van der Waals surface area contributed by atoms with Crippen molar-refractivity contribution in [2.24, 2.45) is 11.7 Å². The van der Waals surface area contributed by atoms with Crippen molar-refractivity contribution in [3.63, 3.8) is 0 Å². The first-order valence-corrected chi connectivity index (χ1v) is 20.1. The van der Waals surface area contributed by atoms with Gasteiger partial charge >= 0.3 is 0 Å². The predicted octanol–water partition coefficient (Wildman–Crippen LogP) is 4.34. The van der Waals surface area contributed by atoms with E-state index in [-0.39, 0.29) is 44.7 Å². The number of amides is 5. The quantitative estimate of drug-likeness (QED) is 0.0928. The highest BCUT2D eigenvalue weighted by molar-refractivity contribution is 7.07. The fourth-order valence-corrected chi connectivity index (χ4v) is 8.26. The maximum atomic E-state index is 15.1. The lowest BCUT2D eigenvalue weighted by Gasteiger charge is -2.50. The Labute approximate surface area is 334 Å². The van der Waals surface area contributed by atoms with Crippen LogP contribution in [0.4, 0.5) is 0 Å². The molecule has 0 aliphatic carbocycles. The predicted molar refractivity (Wildman–Crippen MR) is 217 cm³/mol. The number of alkyl halides is 1. The first kappa shape index (κ1) is 40.1. The number of halogens is 1. The lowest BCUT2D eigenvalue weighted by atomic mass is 9.71. The molecule has 12 nitrogen and oxygen atoms in total. The van der Waals surface area contributed by atoms with Crippen molar-refractivity contribution in [1.82, 2.24) is 30.8 Å². The number of nitrogens with zero attached hydrogens (tertiary/aromatic N) is 2. The fraction of sp³-hybridized carbons (Fsp3) is 0.333. The van der Waals surface area contributed by atoms with E-state index in [2.05, 4.69) is 25.9 Å². The smallest absolute Gasteiger partial charge is 0.246 e. The van der Waals surface area contributed by atoms with Crippen LogP contribution in [-0.2, 0) is 49.8 Å². The highest BCUT2D eigenvalue weighted by Gasteiger charge is 2.56. The Hall–Kier alpha value is -5.53. The molecule has 56 heavy (non-hydrogen) atoms. The molecule has 1 aliphatic heterocycles. The van der Waals surface area contributed by atoms with Gasteiger partial charge in [-0.2, -0.15) is 0 Å². The van der Waals surface area contributed by atoms with E-state index < -0.39 is 53.1 Å². The van der Waals surface area contributed by atoms with Crippen LogP contribution in [0.3, 0.4) is 0 Å². The van der Waals surface area contributed by atoms with Gasteiger partial charge in [0.1, 0.15) is 23.5 Å². The number of piperidine rings is 1. The van der Waals surface area contributed by atoms with E-state index in [0.29, 0.717) is 18.5 Å². The third kappa shape index (κ3) is 9.28. The number of hydrogen-bond donors (Lipinski definition) is 5. The van der Waals surface area contributed by atoms with Crippen LogP contribution in [0.5, 0.6) is 0 Å². The summed E-state index contributed by atoms with van der Waals surface area (Å²) in [4.78, 5) is 79.8. The molecular weight excluding hydrogens is 750 g/mol. The molecule has 4 atom stereocenters. The second-order valence-corrected chi connectivity index (χ2v) is 15.2. The summed E-state index contributed by atoms with van der Waals surface area (Å²) in [5.41, 5.74) is 11.1. The highest BCUT2D eigenvalue weighted by atomic mass is 35.5. The number of aromatic nitrogens is 2. The average molecular weight is 796 g/mol. The number of fused-ring (bicyclic) bond motifs is 1. The van der Waals surface area contributed by atoms with E-state index in [1.807, 2.05) is 91.2 Å². The SMILES string of the molecule is Cc1ccc(CNC(=O)[C@H](Cc2cscn2)NC(=O)[C@@H](Cc2c[nH]c3ccccc23)C2(C(N)=O)CCCCN2C(=O)[C@H](Cc2ccccc2)NC(=O)CCl)cc1. The van der Waals surface area contributed by atoms with Gasteiger partial charge in [-0.05, 0) is 55.4 Å². The summed E-state index contributed by atoms with van der Waals surface area (Å²) in [6.45, 7) is 2.32. The van der Waals surface area contributed by atoms with Gasteiger partial charge in [0.2, 0.25) is 29.5 Å². The fourth-order valence-electron chi connectivity index (χ4n) is 7.61. The molecule has 0 spiro atoms. The molecule has 0 saturated carbocycles. The van der Waals surface area contributed by atoms with Gasteiger partial charge in [-0.3, -0.25) is 24.0 Å². The molecule has 292 valence electrons. The average Bonchev–Trinajstić information content (AvgIpc) is 3.89. The van der Waals surface area contributed by atoms with E-state index in [1.54, 1.807) is 11.7 Å². The molecule has 2 aromatic heterocycles. The Bertz CT molecular complexity index is 2140. The van der Waals surface area contributed by atoms with Crippen molar-refractivity contribution >= 4 is 63.4 Å². The van der Waals surface area contributed by atoms with Crippen LogP contribution in [0.1, 0.15) is 47.2 Å². The molecule has 14 heteroatoms. The van der Waals surface area contributed by atoms with E-state index in [0.717, 1.165) is 33.2 Å². The van der Waals surface area contributed by atoms with Crippen molar-refractivity contribution in [3.8, 4) is 0 Å². The van der Waals surface area contributed by atoms with Crippen LogP contribution < -0.4 is 21.7 Å². The number of benzene rings is 3. The number of aromatic amines is 1. The summed E-state index contributed by atoms with van der Waals surface area (Å²) in [6.07, 6.45) is 3.13. The zero-order valence-corrected chi connectivity index (χ0v) is 32.7. The van der Waals surface area contributed by atoms with Gasteiger partial charge in [-0.25, -0.2) is 4.98 Å². The minimum Gasteiger partial charge on any atom is -0.368 e. The molecule has 5 aromatic rings. The van der Waals surface area contributed by atoms with Gasteiger partial charge in [0.15, 0.2) is 0 Å². The molecule has 1 aliphatic rings. The van der Waals surface area contributed by atoms with Gasteiger partial charge in [0, 0.05) is 48.4 Å². The number of primary amides is 1. The summed E-state index contributed by atoms with van der Waals surface area (Å²) >= 11 is 7.27. The number of aryl methyl sites for hydroxylation is 1. The van der Waals surface area contributed by atoms with E-state index >= 15 is 4.79 Å². The first-order chi connectivity index (χ1) is 27.1. The minimum atomic E-state index is -1.83. The monoisotopic (exact) mass is 795 g/mol. The minimum absolute atomic E-state index is 0.00830. The van der Waals surface area contributed by atoms with Crippen molar-refractivity contribution in [2.75, 3.05) is 12.4 Å². The molecule has 6 rings (SSSR count). The lowest BCUT2D eigenvalue weighted by molar-refractivity contribution is -0.160. The standard InChI is InChI=1S/C42H46ClN7O5S/c1-27-13-15-29(16-14-27)23-46-39(53)35(21-31-25-56-26-47-31)49-38(52)33(20-30-24-45-34-12-6-5-11-32(30)34)42(41(44)55)17-7-8-18-50(42)40(54)36(48-37(51)22-43)19-28-9-3-2-4-10-28/h2-6,9-16,24-26,33,35-36,45H,7-8,17-23H2,1H3,(H2,44,55)(H,46,53)(H,48,51)(H,49,52)/t33-,35+,36+,42?/m1/s1. The molecular formula is C42H46ClN7O5S. The second-order valence-electron chi connectivity index (χ2n) is 14.2. The first-order valence-electron chi connectivity index (χ1n) is 18.7. The maximum Gasteiger partial charge on any atom is 0.246 e. The molecule has 0 bridgehead atoms. The van der Waals surface area contributed by atoms with Crippen LogP contribution in [-0.4, -0.2) is 74.5 Å². The van der Waals surface area contributed by atoms with Crippen molar-refractivity contribution < 1.29 is 24.0 Å². The van der Waals surface area contributed by atoms with Gasteiger partial charge in [-0.15, -0.1) is 22.9 Å². The van der Waals surface area contributed by atoms with Crippen LogP contribution >= 0.6 is 22.9 Å². The van der Waals surface area contributed by atoms with Gasteiger partial charge < -0.3 is 31.6 Å². The normalized spacial score (nSPS) is 17.1. The van der Waals surface area contributed by atoms with Crippen molar-refractivity contribution in [3.05, 3.63) is 124 Å².